The molecular formula is C12H11FN2O3. The van der Waals surface area contributed by atoms with Gasteiger partial charge in [-0.25, -0.2) is 14.2 Å². The summed E-state index contributed by atoms with van der Waals surface area (Å²) in [4.78, 5) is 25.6. The number of carboxylic acids is 1. The number of aliphatic imine (C=N–C) groups is 1. The molecular weight excluding hydrogens is 239 g/mol. The van der Waals surface area contributed by atoms with E-state index in [4.69, 9.17) is 5.11 Å². The number of carbonyl (C=O) groups is 2. The standard InChI is InChI=1S/C12H11FN2O3/c13-8-3-1-7(2-4-8)5-10-9(11(16)17)6-14-12(18)15-10/h1-4,6,9-10H,5H2,(H,15,18)(H,16,17). The van der Waals surface area contributed by atoms with Crippen LogP contribution in [0.1, 0.15) is 5.56 Å². The lowest BCUT2D eigenvalue weighted by Crippen LogP contribution is -2.47. The number of rotatable bonds is 3. The van der Waals surface area contributed by atoms with Gasteiger partial charge in [0.2, 0.25) is 0 Å². The lowest BCUT2D eigenvalue weighted by molar-refractivity contribution is -0.140. The van der Waals surface area contributed by atoms with Crippen LogP contribution in [0.5, 0.6) is 0 Å². The van der Waals surface area contributed by atoms with E-state index in [0.717, 1.165) is 11.8 Å². The Bertz CT molecular complexity index is 499. The second-order valence-corrected chi connectivity index (χ2v) is 4.03. The van der Waals surface area contributed by atoms with Crippen molar-refractivity contribution in [1.29, 1.82) is 0 Å². The summed E-state index contributed by atoms with van der Waals surface area (Å²) in [7, 11) is 0. The fourth-order valence-corrected chi connectivity index (χ4v) is 1.83. The van der Waals surface area contributed by atoms with Crippen molar-refractivity contribution in [2.75, 3.05) is 0 Å². The molecule has 1 aromatic carbocycles. The Kier molecular flexibility index (Phi) is 3.36. The highest BCUT2D eigenvalue weighted by Crippen LogP contribution is 2.14. The smallest absolute Gasteiger partial charge is 0.340 e. The first-order valence-electron chi connectivity index (χ1n) is 5.38. The second kappa shape index (κ2) is 4.95. The number of hydrogen-bond donors (Lipinski definition) is 2. The molecule has 5 nitrogen and oxygen atoms in total. The van der Waals surface area contributed by atoms with Gasteiger partial charge in [-0.15, -0.1) is 0 Å². The van der Waals surface area contributed by atoms with Gasteiger partial charge >= 0.3 is 12.0 Å². The molecule has 0 bridgehead atoms. The number of nitrogens with one attached hydrogen (secondary N) is 1. The average molecular weight is 250 g/mol. The number of halogens is 1. The van der Waals surface area contributed by atoms with E-state index in [1.165, 1.54) is 12.1 Å². The SMILES string of the molecule is O=C1N=CC(C(=O)O)C(Cc2ccc(F)cc2)N1. The molecule has 1 aliphatic heterocycles. The van der Waals surface area contributed by atoms with Crippen LogP contribution in [0, 0.1) is 11.7 Å². The molecule has 1 heterocycles. The van der Waals surface area contributed by atoms with Crippen molar-refractivity contribution in [1.82, 2.24) is 5.32 Å². The predicted octanol–water partition coefficient (Wildman–Crippen LogP) is 1.23. The van der Waals surface area contributed by atoms with Crippen LogP contribution in [0.25, 0.3) is 0 Å². The van der Waals surface area contributed by atoms with Crippen LogP contribution < -0.4 is 5.32 Å². The summed E-state index contributed by atoms with van der Waals surface area (Å²) in [5.74, 6) is -2.28. The fourth-order valence-electron chi connectivity index (χ4n) is 1.83. The number of carbonyl (C=O) groups excluding carboxylic acids is 1. The van der Waals surface area contributed by atoms with E-state index in [1.54, 1.807) is 12.1 Å². The Morgan fingerprint density at radius 2 is 2.06 bits per heavy atom. The zero-order chi connectivity index (χ0) is 13.1. The summed E-state index contributed by atoms with van der Waals surface area (Å²) in [5.41, 5.74) is 0.753. The van der Waals surface area contributed by atoms with Crippen LogP contribution in [-0.4, -0.2) is 29.4 Å². The van der Waals surface area contributed by atoms with Crippen molar-refractivity contribution in [2.45, 2.75) is 12.5 Å². The van der Waals surface area contributed by atoms with Crippen LogP contribution >= 0.6 is 0 Å². The minimum atomic E-state index is -1.05. The first kappa shape index (κ1) is 12.2. The molecule has 1 aromatic rings. The number of amides is 2. The molecule has 0 aliphatic carbocycles. The molecule has 0 saturated heterocycles. The van der Waals surface area contributed by atoms with Crippen molar-refractivity contribution in [3.8, 4) is 0 Å². The maximum absolute atomic E-state index is 12.7. The molecule has 1 aliphatic rings. The number of hydrogen-bond acceptors (Lipinski definition) is 2. The molecule has 6 heteroatoms. The van der Waals surface area contributed by atoms with E-state index < -0.39 is 24.0 Å². The molecule has 2 atom stereocenters. The Labute approximate surface area is 102 Å². The molecule has 0 radical (unpaired) electrons. The third-order valence-electron chi connectivity index (χ3n) is 2.75. The molecule has 2 unspecified atom stereocenters. The molecule has 94 valence electrons. The van der Waals surface area contributed by atoms with Crippen molar-refractivity contribution < 1.29 is 19.1 Å². The van der Waals surface area contributed by atoms with E-state index >= 15 is 0 Å². The quantitative estimate of drug-likeness (QED) is 0.846. The molecule has 0 saturated carbocycles. The predicted molar refractivity (Wildman–Crippen MR) is 62.0 cm³/mol. The molecule has 18 heavy (non-hydrogen) atoms. The van der Waals surface area contributed by atoms with Crippen molar-refractivity contribution in [2.24, 2.45) is 10.9 Å². The maximum Gasteiger partial charge on any atom is 0.340 e. The second-order valence-electron chi connectivity index (χ2n) is 4.03. The third kappa shape index (κ3) is 2.71. The summed E-state index contributed by atoms with van der Waals surface area (Å²) in [6, 6.07) is 4.59. The Hall–Kier alpha value is -2.24. The summed E-state index contributed by atoms with van der Waals surface area (Å²) < 4.78 is 12.7. The lowest BCUT2D eigenvalue weighted by atomic mass is 9.93. The van der Waals surface area contributed by atoms with Gasteiger partial charge in [0.15, 0.2) is 0 Å². The van der Waals surface area contributed by atoms with Crippen LogP contribution in [0.3, 0.4) is 0 Å². The third-order valence-corrected chi connectivity index (χ3v) is 2.75. The van der Waals surface area contributed by atoms with Gasteiger partial charge in [0, 0.05) is 6.21 Å². The van der Waals surface area contributed by atoms with Crippen LogP contribution in [-0.2, 0) is 11.2 Å². The fraction of sp³-hybridized carbons (Fsp3) is 0.250. The van der Waals surface area contributed by atoms with Crippen molar-refractivity contribution in [3.63, 3.8) is 0 Å². The minimum Gasteiger partial charge on any atom is -0.481 e. The van der Waals surface area contributed by atoms with Crippen LogP contribution in [0.4, 0.5) is 9.18 Å². The van der Waals surface area contributed by atoms with Gasteiger partial charge in [-0.3, -0.25) is 4.79 Å². The Morgan fingerprint density at radius 1 is 1.39 bits per heavy atom. The van der Waals surface area contributed by atoms with Gasteiger partial charge in [-0.2, -0.15) is 0 Å². The van der Waals surface area contributed by atoms with Crippen molar-refractivity contribution >= 4 is 18.2 Å². The Balaban J connectivity index is 2.15. The number of carboxylic acid groups (broad SMARTS) is 1. The van der Waals surface area contributed by atoms with Gasteiger partial charge in [-0.1, -0.05) is 12.1 Å². The van der Waals surface area contributed by atoms with Gasteiger partial charge < -0.3 is 10.4 Å². The molecule has 0 spiro atoms. The number of benzene rings is 1. The summed E-state index contributed by atoms with van der Waals surface area (Å²) in [6.07, 6.45) is 1.45. The zero-order valence-electron chi connectivity index (χ0n) is 9.34. The molecule has 2 N–H and O–H groups in total. The Morgan fingerprint density at radius 3 is 2.67 bits per heavy atom. The highest BCUT2D eigenvalue weighted by atomic mass is 19.1. The minimum absolute atomic E-state index is 0.314. The number of urea groups is 1. The molecule has 2 amide bonds. The first-order chi connectivity index (χ1) is 8.56. The van der Waals surface area contributed by atoms with Gasteiger partial charge in [0.1, 0.15) is 11.7 Å². The summed E-state index contributed by atoms with van der Waals surface area (Å²) in [6.45, 7) is 0. The summed E-state index contributed by atoms with van der Waals surface area (Å²) in [5, 5.41) is 11.5. The van der Waals surface area contributed by atoms with E-state index in [2.05, 4.69) is 10.3 Å². The lowest BCUT2D eigenvalue weighted by Gasteiger charge is -2.24. The topological polar surface area (TPSA) is 78.8 Å². The molecule has 0 aromatic heterocycles. The maximum atomic E-state index is 12.7. The van der Waals surface area contributed by atoms with Gasteiger partial charge in [0.05, 0.1) is 6.04 Å². The highest BCUT2D eigenvalue weighted by Gasteiger charge is 2.31. The normalized spacial score (nSPS) is 22.6. The largest absolute Gasteiger partial charge is 0.481 e. The van der Waals surface area contributed by atoms with Crippen molar-refractivity contribution in [3.05, 3.63) is 35.6 Å². The zero-order valence-corrected chi connectivity index (χ0v) is 9.34. The van der Waals surface area contributed by atoms with E-state index in [0.29, 0.717) is 6.42 Å². The summed E-state index contributed by atoms with van der Waals surface area (Å²) >= 11 is 0. The van der Waals surface area contributed by atoms with E-state index in [-0.39, 0.29) is 5.82 Å². The monoisotopic (exact) mass is 250 g/mol. The number of aliphatic carboxylic acids is 1. The highest BCUT2D eigenvalue weighted by molar-refractivity contribution is 5.97. The van der Waals surface area contributed by atoms with Gasteiger partial charge in [0.25, 0.3) is 0 Å². The first-order valence-corrected chi connectivity index (χ1v) is 5.38. The van der Waals surface area contributed by atoms with Crippen LogP contribution in [0.15, 0.2) is 29.3 Å². The number of nitrogens with zero attached hydrogens (tertiary/aromatic N) is 1. The molecule has 2 rings (SSSR count). The van der Waals surface area contributed by atoms with E-state index in [9.17, 15) is 14.0 Å². The van der Waals surface area contributed by atoms with Crippen LogP contribution in [0.2, 0.25) is 0 Å². The molecule has 0 fully saturated rings. The average Bonchev–Trinajstić information content (AvgIpc) is 2.32. The van der Waals surface area contributed by atoms with Gasteiger partial charge in [-0.05, 0) is 24.1 Å². The van der Waals surface area contributed by atoms with E-state index in [1.807, 2.05) is 0 Å².